The Kier molecular flexibility index (Phi) is 6.14. The molecule has 1 heterocycles. The number of hydrogen-bond donors (Lipinski definition) is 0. The van der Waals surface area contributed by atoms with Crippen molar-refractivity contribution in [2.24, 2.45) is 0 Å². The second-order valence-electron chi connectivity index (χ2n) is 7.25. The quantitative estimate of drug-likeness (QED) is 0.251. The van der Waals surface area contributed by atoms with Crippen LogP contribution in [0.5, 0.6) is 0 Å². The Labute approximate surface area is 160 Å². The predicted molar refractivity (Wildman–Crippen MR) is 107 cm³/mol. The summed E-state index contributed by atoms with van der Waals surface area (Å²) < 4.78 is 14.5. The van der Waals surface area contributed by atoms with Crippen LogP contribution in [0.3, 0.4) is 0 Å². The fourth-order valence-corrected chi connectivity index (χ4v) is 9.55. The molecule has 2 nitrogen and oxygen atoms in total. The van der Waals surface area contributed by atoms with Crippen molar-refractivity contribution in [3.63, 3.8) is 0 Å². The zero-order valence-electron chi connectivity index (χ0n) is 15.4. The minimum Gasteiger partial charge on any atom is -0.218 e. The Morgan fingerprint density at radius 3 is 2.04 bits per heavy atom. The average molecular weight is 397 g/mol. The summed E-state index contributed by atoms with van der Waals surface area (Å²) in [6.07, 6.45) is 0. The van der Waals surface area contributed by atoms with E-state index in [1.54, 1.807) is 6.07 Å². The van der Waals surface area contributed by atoms with Crippen molar-refractivity contribution in [2.45, 2.75) is 58.2 Å². The van der Waals surface area contributed by atoms with Crippen LogP contribution in [0.2, 0.25) is 27.1 Å². The van der Waals surface area contributed by atoms with E-state index in [0.717, 1.165) is 0 Å². The van der Waals surface area contributed by atoms with Gasteiger partial charge >= 0.3 is 0 Å². The number of hydrogen-bond acceptors (Lipinski definition) is 2. The zero-order chi connectivity index (χ0) is 18.9. The standard InChI is InChI=1S/C19H23Cl2FN2Si/c1-11(2)25(12(3)4,13(5)6)10-9-14-15(22)7-8-16-17(14)18(20)24-19(21)23-16/h7-8,11-13H,1-6H3. The maximum absolute atomic E-state index is 14.5. The topological polar surface area (TPSA) is 25.8 Å². The summed E-state index contributed by atoms with van der Waals surface area (Å²) in [5, 5.41) is 0.598. The molecule has 2 aromatic rings. The van der Waals surface area contributed by atoms with Gasteiger partial charge in [0.2, 0.25) is 5.28 Å². The van der Waals surface area contributed by atoms with E-state index in [1.165, 1.54) is 6.07 Å². The fraction of sp³-hybridized carbons (Fsp3) is 0.474. The van der Waals surface area contributed by atoms with Gasteiger partial charge in [0.25, 0.3) is 0 Å². The van der Waals surface area contributed by atoms with Gasteiger partial charge in [0.1, 0.15) is 19.0 Å². The lowest BCUT2D eigenvalue weighted by Crippen LogP contribution is -2.43. The second kappa shape index (κ2) is 7.61. The molecular weight excluding hydrogens is 374 g/mol. The molecule has 0 fully saturated rings. The Hall–Kier alpha value is -1.15. The lowest BCUT2D eigenvalue weighted by atomic mass is 10.1. The van der Waals surface area contributed by atoms with Gasteiger partial charge in [0.05, 0.1) is 16.5 Å². The van der Waals surface area contributed by atoms with Crippen molar-refractivity contribution in [3.8, 4) is 11.5 Å². The molecule has 1 aromatic carbocycles. The first-order chi connectivity index (χ1) is 11.6. The van der Waals surface area contributed by atoms with Crippen LogP contribution in [-0.2, 0) is 0 Å². The molecule has 0 saturated heterocycles. The normalized spacial score (nSPS) is 12.2. The van der Waals surface area contributed by atoms with Crippen LogP contribution < -0.4 is 0 Å². The molecule has 0 spiro atoms. The van der Waals surface area contributed by atoms with E-state index in [-0.39, 0.29) is 16.0 Å². The van der Waals surface area contributed by atoms with Crippen LogP contribution in [0.1, 0.15) is 47.1 Å². The van der Waals surface area contributed by atoms with E-state index in [4.69, 9.17) is 23.2 Å². The molecule has 0 amide bonds. The molecule has 1 aromatic heterocycles. The van der Waals surface area contributed by atoms with Gasteiger partial charge in [-0.05, 0) is 40.4 Å². The van der Waals surface area contributed by atoms with E-state index in [1.807, 2.05) is 0 Å². The molecule has 6 heteroatoms. The number of nitrogens with zero attached hydrogens (tertiary/aromatic N) is 2. The lowest BCUT2D eigenvalue weighted by Gasteiger charge is -2.38. The van der Waals surface area contributed by atoms with Crippen LogP contribution in [0.4, 0.5) is 4.39 Å². The Balaban J connectivity index is 2.77. The molecule has 0 radical (unpaired) electrons. The highest BCUT2D eigenvalue weighted by Gasteiger charge is 2.41. The van der Waals surface area contributed by atoms with Crippen molar-refractivity contribution < 1.29 is 4.39 Å². The smallest absolute Gasteiger partial charge is 0.218 e. The third kappa shape index (κ3) is 3.69. The van der Waals surface area contributed by atoms with Gasteiger partial charge < -0.3 is 0 Å². The van der Waals surface area contributed by atoms with Crippen LogP contribution in [0.15, 0.2) is 12.1 Å². The summed E-state index contributed by atoms with van der Waals surface area (Å²) in [4.78, 5) is 8.08. The van der Waals surface area contributed by atoms with Crippen molar-refractivity contribution in [1.29, 1.82) is 0 Å². The summed E-state index contributed by atoms with van der Waals surface area (Å²) in [5.74, 6) is 2.72. The number of aromatic nitrogens is 2. The molecule has 0 aliphatic rings. The molecule has 0 N–H and O–H groups in total. The minimum atomic E-state index is -1.99. The Morgan fingerprint density at radius 1 is 0.960 bits per heavy atom. The summed E-state index contributed by atoms with van der Waals surface area (Å²) >= 11 is 12.1. The molecule has 0 unspecified atom stereocenters. The van der Waals surface area contributed by atoms with E-state index in [0.29, 0.717) is 27.5 Å². The molecule has 25 heavy (non-hydrogen) atoms. The number of benzene rings is 1. The number of halogens is 3. The molecule has 0 bridgehead atoms. The van der Waals surface area contributed by atoms with Crippen molar-refractivity contribution >= 4 is 42.2 Å². The van der Waals surface area contributed by atoms with Crippen LogP contribution in [0.25, 0.3) is 10.9 Å². The molecule has 0 aliphatic carbocycles. The third-order valence-electron chi connectivity index (χ3n) is 5.01. The highest BCUT2D eigenvalue weighted by atomic mass is 35.5. The molecular formula is C19H23Cl2FN2Si. The monoisotopic (exact) mass is 396 g/mol. The first kappa shape index (κ1) is 20.2. The molecule has 2 rings (SSSR count). The van der Waals surface area contributed by atoms with Crippen molar-refractivity contribution in [2.75, 3.05) is 0 Å². The summed E-state index contributed by atoms with van der Waals surface area (Å²) in [6.45, 7) is 13.3. The number of fused-ring (bicyclic) bond motifs is 1. The van der Waals surface area contributed by atoms with Crippen LogP contribution in [0, 0.1) is 17.3 Å². The summed E-state index contributed by atoms with van der Waals surface area (Å²) in [6, 6.07) is 2.91. The maximum Gasteiger partial charge on any atom is 0.224 e. The highest BCUT2D eigenvalue weighted by molar-refractivity contribution is 6.90. The van der Waals surface area contributed by atoms with Crippen LogP contribution >= 0.6 is 23.2 Å². The highest BCUT2D eigenvalue weighted by Crippen LogP contribution is 2.41. The van der Waals surface area contributed by atoms with E-state index < -0.39 is 13.9 Å². The predicted octanol–water partition coefficient (Wildman–Crippen LogP) is 6.65. The summed E-state index contributed by atoms with van der Waals surface area (Å²) in [5.41, 5.74) is 5.66. The Morgan fingerprint density at radius 2 is 1.52 bits per heavy atom. The van der Waals surface area contributed by atoms with E-state index in [9.17, 15) is 4.39 Å². The van der Waals surface area contributed by atoms with Crippen molar-refractivity contribution in [3.05, 3.63) is 34.0 Å². The molecule has 134 valence electrons. The summed E-state index contributed by atoms with van der Waals surface area (Å²) in [7, 11) is -1.99. The molecule has 0 aliphatic heterocycles. The lowest BCUT2D eigenvalue weighted by molar-refractivity contribution is 0.626. The van der Waals surface area contributed by atoms with Gasteiger partial charge in [0.15, 0.2) is 0 Å². The van der Waals surface area contributed by atoms with E-state index >= 15 is 0 Å². The first-order valence-electron chi connectivity index (χ1n) is 8.45. The van der Waals surface area contributed by atoms with Gasteiger partial charge in [-0.3, -0.25) is 0 Å². The van der Waals surface area contributed by atoms with Gasteiger partial charge in [-0.25, -0.2) is 14.4 Å². The minimum absolute atomic E-state index is 0.0401. The van der Waals surface area contributed by atoms with Crippen molar-refractivity contribution in [1.82, 2.24) is 9.97 Å². The van der Waals surface area contributed by atoms with Gasteiger partial charge in [0, 0.05) is 0 Å². The third-order valence-corrected chi connectivity index (χ3v) is 11.7. The average Bonchev–Trinajstić information content (AvgIpc) is 2.48. The van der Waals surface area contributed by atoms with Crippen LogP contribution in [-0.4, -0.2) is 18.0 Å². The Bertz CT molecular complexity index is 832. The molecule has 0 atom stereocenters. The second-order valence-corrected chi connectivity index (χ2v) is 13.5. The molecule has 0 saturated carbocycles. The number of rotatable bonds is 3. The first-order valence-corrected chi connectivity index (χ1v) is 11.4. The maximum atomic E-state index is 14.5. The van der Waals surface area contributed by atoms with Gasteiger partial charge in [-0.15, -0.1) is 5.54 Å². The van der Waals surface area contributed by atoms with E-state index in [2.05, 4.69) is 63.0 Å². The van der Waals surface area contributed by atoms with Gasteiger partial charge in [-0.1, -0.05) is 59.1 Å². The zero-order valence-corrected chi connectivity index (χ0v) is 17.9. The SMILES string of the molecule is CC(C)[Si](C#Cc1c(F)ccc2nc(Cl)nc(Cl)c12)(C(C)C)C(C)C. The van der Waals surface area contributed by atoms with Gasteiger partial charge in [-0.2, -0.15) is 0 Å². The fourth-order valence-electron chi connectivity index (χ4n) is 3.86. The largest absolute Gasteiger partial charge is 0.224 e.